The summed E-state index contributed by atoms with van der Waals surface area (Å²) >= 11 is 0. The van der Waals surface area contributed by atoms with Crippen molar-refractivity contribution < 1.29 is 9.53 Å². The molecule has 0 saturated carbocycles. The zero-order valence-electron chi connectivity index (χ0n) is 10.4. The van der Waals surface area contributed by atoms with Gasteiger partial charge in [-0.3, -0.25) is 0 Å². The fourth-order valence-electron chi connectivity index (χ4n) is 2.27. The minimum atomic E-state index is -0.372. The molecule has 17 heavy (non-hydrogen) atoms. The van der Waals surface area contributed by atoms with Crippen molar-refractivity contribution in [1.29, 1.82) is 0 Å². The van der Waals surface area contributed by atoms with E-state index in [0.717, 1.165) is 25.2 Å². The normalized spacial score (nSPS) is 21.4. The second-order valence-corrected chi connectivity index (χ2v) is 4.51. The summed E-state index contributed by atoms with van der Waals surface area (Å²) in [6.45, 7) is 4.33. The number of rotatable bonds is 3. The molecule has 5 heteroatoms. The van der Waals surface area contributed by atoms with Crippen LogP contribution in [0.3, 0.4) is 0 Å². The number of carbonyl (C=O) groups is 1. The average Bonchev–Trinajstić information content (AvgIpc) is 2.78. The fraction of sp³-hybridized carbons (Fsp3) is 0.667. The van der Waals surface area contributed by atoms with Gasteiger partial charge in [0.1, 0.15) is 0 Å². The second kappa shape index (κ2) is 5.31. The zero-order chi connectivity index (χ0) is 12.3. The number of ether oxygens (including phenoxy) is 1. The third-order valence-corrected chi connectivity index (χ3v) is 3.13. The monoisotopic (exact) mass is 237 g/mol. The lowest BCUT2D eigenvalue weighted by Gasteiger charge is -2.28. The Balaban J connectivity index is 2.04. The van der Waals surface area contributed by atoms with E-state index in [2.05, 4.69) is 21.9 Å². The van der Waals surface area contributed by atoms with E-state index < -0.39 is 0 Å². The predicted octanol–water partition coefficient (Wildman–Crippen LogP) is 1.40. The summed E-state index contributed by atoms with van der Waals surface area (Å²) < 4.78 is 4.91. The van der Waals surface area contributed by atoms with Crippen LogP contribution in [0.5, 0.6) is 0 Å². The van der Waals surface area contributed by atoms with E-state index in [1.807, 2.05) is 0 Å². The Labute approximate surface area is 101 Å². The van der Waals surface area contributed by atoms with Crippen LogP contribution in [0.2, 0.25) is 0 Å². The van der Waals surface area contributed by atoms with Gasteiger partial charge < -0.3 is 14.6 Å². The number of H-pyrrole nitrogens is 1. The highest BCUT2D eigenvalue weighted by Crippen LogP contribution is 2.24. The number of piperidine rings is 1. The zero-order valence-corrected chi connectivity index (χ0v) is 10.4. The van der Waals surface area contributed by atoms with E-state index in [1.54, 1.807) is 13.1 Å². The number of hydrogen-bond donors (Lipinski definition) is 1. The van der Waals surface area contributed by atoms with Gasteiger partial charge in [-0.25, -0.2) is 9.78 Å². The molecule has 2 heterocycles. The Hall–Kier alpha value is -1.36. The molecule has 0 amide bonds. The predicted molar refractivity (Wildman–Crippen MR) is 64.0 cm³/mol. The highest BCUT2D eigenvalue weighted by Gasteiger charge is 2.22. The van der Waals surface area contributed by atoms with Gasteiger partial charge in [0.15, 0.2) is 0 Å². The average molecular weight is 237 g/mol. The molecule has 1 fully saturated rings. The van der Waals surface area contributed by atoms with Crippen molar-refractivity contribution in [2.45, 2.75) is 25.7 Å². The Bertz CT molecular complexity index is 389. The lowest BCUT2D eigenvalue weighted by atomic mass is 9.96. The van der Waals surface area contributed by atoms with E-state index in [0.29, 0.717) is 18.3 Å². The van der Waals surface area contributed by atoms with Gasteiger partial charge >= 0.3 is 5.97 Å². The fourth-order valence-corrected chi connectivity index (χ4v) is 2.27. The number of carbonyl (C=O) groups excluding carboxylic acids is 1. The molecule has 0 radical (unpaired) electrons. The number of aromatic nitrogens is 2. The first-order valence-corrected chi connectivity index (χ1v) is 6.11. The number of hydrogen-bond acceptors (Lipinski definition) is 4. The molecule has 94 valence electrons. The van der Waals surface area contributed by atoms with Crippen LogP contribution in [0.1, 0.15) is 42.0 Å². The van der Waals surface area contributed by atoms with Crippen LogP contribution in [0.25, 0.3) is 0 Å². The van der Waals surface area contributed by atoms with Crippen molar-refractivity contribution in [2.75, 3.05) is 26.7 Å². The largest absolute Gasteiger partial charge is 0.460 e. The summed E-state index contributed by atoms with van der Waals surface area (Å²) in [6.07, 6.45) is 4.10. The van der Waals surface area contributed by atoms with Crippen LogP contribution < -0.4 is 0 Å². The summed E-state index contributed by atoms with van der Waals surface area (Å²) in [5.74, 6) is 0.391. The molecule has 5 nitrogen and oxygen atoms in total. The number of aromatic amines is 1. The molecular formula is C12H19N3O2. The van der Waals surface area contributed by atoms with Gasteiger partial charge in [0, 0.05) is 24.4 Å². The standard InChI is InChI=1S/C12H19N3O2/c1-3-17-12(16)11-13-7-10(14-11)9-5-4-6-15(2)8-9/h7,9H,3-6,8H2,1-2H3,(H,13,14). The van der Waals surface area contributed by atoms with Crippen molar-refractivity contribution >= 4 is 5.97 Å². The molecule has 1 aromatic heterocycles. The Morgan fingerprint density at radius 2 is 2.53 bits per heavy atom. The number of imidazole rings is 1. The van der Waals surface area contributed by atoms with Crippen molar-refractivity contribution in [3.8, 4) is 0 Å². The van der Waals surface area contributed by atoms with Gasteiger partial charge in [-0.2, -0.15) is 0 Å². The maximum atomic E-state index is 11.5. The molecule has 1 aliphatic rings. The van der Waals surface area contributed by atoms with Gasteiger partial charge in [0.05, 0.1) is 6.61 Å². The van der Waals surface area contributed by atoms with Crippen LogP contribution in [0.15, 0.2) is 6.20 Å². The number of likely N-dealkylation sites (tertiary alicyclic amines) is 1. The van der Waals surface area contributed by atoms with Crippen molar-refractivity contribution in [1.82, 2.24) is 14.9 Å². The highest BCUT2D eigenvalue weighted by molar-refractivity contribution is 5.85. The molecule has 1 atom stereocenters. The van der Waals surface area contributed by atoms with E-state index >= 15 is 0 Å². The Morgan fingerprint density at radius 3 is 3.24 bits per heavy atom. The third kappa shape index (κ3) is 2.85. The van der Waals surface area contributed by atoms with Gasteiger partial charge in [-0.05, 0) is 33.4 Å². The highest BCUT2D eigenvalue weighted by atomic mass is 16.5. The molecule has 0 aromatic carbocycles. The quantitative estimate of drug-likeness (QED) is 0.807. The molecule has 2 rings (SSSR count). The van der Waals surface area contributed by atoms with Crippen LogP contribution >= 0.6 is 0 Å². The maximum absolute atomic E-state index is 11.5. The van der Waals surface area contributed by atoms with Gasteiger partial charge in [-0.1, -0.05) is 0 Å². The van der Waals surface area contributed by atoms with Crippen molar-refractivity contribution in [3.05, 3.63) is 17.7 Å². The molecule has 1 aliphatic heterocycles. The molecular weight excluding hydrogens is 218 g/mol. The minimum Gasteiger partial charge on any atom is -0.460 e. The number of likely N-dealkylation sites (N-methyl/N-ethyl adjacent to an activating group) is 1. The van der Waals surface area contributed by atoms with Gasteiger partial charge in [0.25, 0.3) is 0 Å². The maximum Gasteiger partial charge on any atom is 0.374 e. The molecule has 0 spiro atoms. The number of nitrogens with zero attached hydrogens (tertiary/aromatic N) is 2. The molecule has 1 N–H and O–H groups in total. The van der Waals surface area contributed by atoms with Crippen molar-refractivity contribution in [3.63, 3.8) is 0 Å². The van der Waals surface area contributed by atoms with Crippen LogP contribution in [0, 0.1) is 0 Å². The van der Waals surface area contributed by atoms with E-state index in [-0.39, 0.29) is 5.97 Å². The summed E-state index contributed by atoms with van der Waals surface area (Å²) in [4.78, 5) is 20.9. The van der Waals surface area contributed by atoms with E-state index in [9.17, 15) is 4.79 Å². The SMILES string of the molecule is CCOC(=O)c1ncc(C2CCCN(C)C2)[nH]1. The lowest BCUT2D eigenvalue weighted by molar-refractivity contribution is 0.0513. The minimum absolute atomic E-state index is 0.315. The smallest absolute Gasteiger partial charge is 0.374 e. The summed E-state index contributed by atoms with van der Waals surface area (Å²) in [7, 11) is 2.12. The first-order chi connectivity index (χ1) is 8.20. The number of nitrogens with one attached hydrogen (secondary N) is 1. The Kier molecular flexibility index (Phi) is 3.78. The number of esters is 1. The summed E-state index contributed by atoms with van der Waals surface area (Å²) in [6, 6.07) is 0. The molecule has 1 aromatic rings. The first kappa shape index (κ1) is 12.1. The second-order valence-electron chi connectivity index (χ2n) is 4.51. The van der Waals surface area contributed by atoms with Crippen LogP contribution in [0.4, 0.5) is 0 Å². The van der Waals surface area contributed by atoms with Crippen LogP contribution in [-0.2, 0) is 4.74 Å². The van der Waals surface area contributed by atoms with Crippen LogP contribution in [-0.4, -0.2) is 47.6 Å². The third-order valence-electron chi connectivity index (χ3n) is 3.13. The Morgan fingerprint density at radius 1 is 1.71 bits per heavy atom. The first-order valence-electron chi connectivity index (χ1n) is 6.11. The summed E-state index contributed by atoms with van der Waals surface area (Å²) in [5.41, 5.74) is 1.04. The summed E-state index contributed by atoms with van der Waals surface area (Å²) in [5, 5.41) is 0. The molecule has 0 bridgehead atoms. The molecule has 0 aliphatic carbocycles. The molecule has 1 saturated heterocycles. The topological polar surface area (TPSA) is 58.2 Å². The molecule has 1 unspecified atom stereocenters. The lowest BCUT2D eigenvalue weighted by Crippen LogP contribution is -2.31. The van der Waals surface area contributed by atoms with E-state index in [1.165, 1.54) is 6.42 Å². The van der Waals surface area contributed by atoms with Crippen molar-refractivity contribution in [2.24, 2.45) is 0 Å². The van der Waals surface area contributed by atoms with E-state index in [4.69, 9.17) is 4.74 Å². The van der Waals surface area contributed by atoms with Gasteiger partial charge in [-0.15, -0.1) is 0 Å². The van der Waals surface area contributed by atoms with Gasteiger partial charge in [0.2, 0.25) is 5.82 Å².